The molecule has 0 bridgehead atoms. The van der Waals surface area contributed by atoms with Crippen LogP contribution in [0.2, 0.25) is 0 Å². The number of rotatable bonds is 3. The zero-order valence-corrected chi connectivity index (χ0v) is 10.7. The third-order valence-corrected chi connectivity index (χ3v) is 3.01. The second-order valence-corrected chi connectivity index (χ2v) is 4.29. The topological polar surface area (TPSA) is 31.2 Å². The summed E-state index contributed by atoms with van der Waals surface area (Å²) in [6.07, 6.45) is 0. The van der Waals surface area contributed by atoms with Crippen molar-refractivity contribution in [2.24, 2.45) is 0 Å². The third kappa shape index (κ3) is 2.10. The Morgan fingerprint density at radius 1 is 1.44 bits per heavy atom. The quantitative estimate of drug-likeness (QED) is 0.782. The molecule has 1 aromatic carbocycles. The second kappa shape index (κ2) is 4.80. The van der Waals surface area contributed by atoms with E-state index in [1.54, 1.807) is 19.9 Å². The van der Waals surface area contributed by atoms with Gasteiger partial charge in [-0.2, -0.15) is 0 Å². The summed E-state index contributed by atoms with van der Waals surface area (Å²) in [5.74, 6) is -0.550. The lowest BCUT2D eigenvalue weighted by atomic mass is 10.2. The summed E-state index contributed by atoms with van der Waals surface area (Å²) in [7, 11) is 0. The Bertz CT molecular complexity index is 589. The molecule has 0 radical (unpaired) electrons. The Balaban J connectivity index is 2.50. The Hall–Kier alpha value is -1.84. The highest BCUT2D eigenvalue weighted by molar-refractivity contribution is 5.84. The third-order valence-electron chi connectivity index (χ3n) is 3.01. The smallest absolute Gasteiger partial charge is 0.328 e. The number of nitrogens with zero attached hydrogens (tertiary/aromatic N) is 1. The van der Waals surface area contributed by atoms with Crippen LogP contribution in [0.3, 0.4) is 0 Å². The van der Waals surface area contributed by atoms with Crippen molar-refractivity contribution in [3.8, 4) is 0 Å². The fourth-order valence-corrected chi connectivity index (χ4v) is 2.23. The number of fused-ring (bicyclic) bond motifs is 1. The maximum Gasteiger partial charge on any atom is 0.328 e. The molecule has 0 amide bonds. The molecule has 1 aromatic heterocycles. The standard InChI is InChI=1S/C14H16FNO2/c1-4-18-14(17)10(3)16-9(2)7-11-8-12(15)5-6-13(11)16/h5-8,10H,4H2,1-3H3. The van der Waals surface area contributed by atoms with E-state index >= 15 is 0 Å². The zero-order chi connectivity index (χ0) is 13.3. The summed E-state index contributed by atoms with van der Waals surface area (Å²) in [4.78, 5) is 11.8. The number of hydrogen-bond acceptors (Lipinski definition) is 2. The maximum atomic E-state index is 13.2. The minimum absolute atomic E-state index is 0.275. The fourth-order valence-electron chi connectivity index (χ4n) is 2.23. The number of carbonyl (C=O) groups excluding carboxylic acids is 1. The molecule has 0 aliphatic heterocycles. The SMILES string of the molecule is CCOC(=O)C(C)n1c(C)cc2cc(F)ccc21. The van der Waals surface area contributed by atoms with Crippen LogP contribution in [0.1, 0.15) is 25.6 Å². The monoisotopic (exact) mass is 249 g/mol. The normalized spacial score (nSPS) is 12.7. The van der Waals surface area contributed by atoms with Gasteiger partial charge >= 0.3 is 5.97 Å². The molecule has 0 aliphatic rings. The maximum absolute atomic E-state index is 13.2. The van der Waals surface area contributed by atoms with E-state index in [-0.39, 0.29) is 11.8 Å². The van der Waals surface area contributed by atoms with Gasteiger partial charge in [0.2, 0.25) is 0 Å². The van der Waals surface area contributed by atoms with Gasteiger partial charge in [-0.15, -0.1) is 0 Å². The van der Waals surface area contributed by atoms with Gasteiger partial charge in [0.25, 0.3) is 0 Å². The summed E-state index contributed by atoms with van der Waals surface area (Å²) in [5, 5.41) is 0.795. The molecule has 0 aliphatic carbocycles. The van der Waals surface area contributed by atoms with E-state index in [0.29, 0.717) is 6.61 Å². The lowest BCUT2D eigenvalue weighted by molar-refractivity contribution is -0.146. The number of benzene rings is 1. The minimum Gasteiger partial charge on any atom is -0.464 e. The van der Waals surface area contributed by atoms with Gasteiger partial charge in [-0.25, -0.2) is 9.18 Å². The lowest BCUT2D eigenvalue weighted by Crippen LogP contribution is -2.19. The average Bonchev–Trinajstić information content (AvgIpc) is 2.63. The van der Waals surface area contributed by atoms with E-state index < -0.39 is 6.04 Å². The molecule has 2 rings (SSSR count). The molecule has 3 nitrogen and oxygen atoms in total. The number of aryl methyl sites for hydroxylation is 1. The van der Waals surface area contributed by atoms with Crippen LogP contribution in [0.25, 0.3) is 10.9 Å². The number of halogens is 1. The summed E-state index contributed by atoms with van der Waals surface area (Å²) in [5.41, 5.74) is 1.76. The van der Waals surface area contributed by atoms with Crippen molar-refractivity contribution in [3.05, 3.63) is 35.8 Å². The van der Waals surface area contributed by atoms with Crippen LogP contribution in [0.5, 0.6) is 0 Å². The van der Waals surface area contributed by atoms with E-state index in [0.717, 1.165) is 16.6 Å². The summed E-state index contributed by atoms with van der Waals surface area (Å²) < 4.78 is 20.0. The van der Waals surface area contributed by atoms with Gasteiger partial charge in [0.1, 0.15) is 11.9 Å². The van der Waals surface area contributed by atoms with E-state index in [4.69, 9.17) is 4.74 Å². The summed E-state index contributed by atoms with van der Waals surface area (Å²) in [6, 6.07) is 6.02. The number of esters is 1. The fraction of sp³-hybridized carbons (Fsp3) is 0.357. The van der Waals surface area contributed by atoms with Crippen LogP contribution >= 0.6 is 0 Å². The molecule has 0 spiro atoms. The van der Waals surface area contributed by atoms with Gasteiger partial charge in [-0.3, -0.25) is 0 Å². The minimum atomic E-state index is -0.409. The van der Waals surface area contributed by atoms with Crippen molar-refractivity contribution in [2.75, 3.05) is 6.61 Å². The van der Waals surface area contributed by atoms with Gasteiger partial charge < -0.3 is 9.30 Å². The molecule has 0 N–H and O–H groups in total. The van der Waals surface area contributed by atoms with Crippen molar-refractivity contribution >= 4 is 16.9 Å². The van der Waals surface area contributed by atoms with Crippen molar-refractivity contribution in [3.63, 3.8) is 0 Å². The first kappa shape index (κ1) is 12.6. The average molecular weight is 249 g/mol. The van der Waals surface area contributed by atoms with Gasteiger partial charge in [0.15, 0.2) is 0 Å². The van der Waals surface area contributed by atoms with Crippen LogP contribution in [-0.4, -0.2) is 17.1 Å². The highest BCUT2D eigenvalue weighted by Crippen LogP contribution is 2.25. The number of ether oxygens (including phenoxy) is 1. The molecule has 96 valence electrons. The van der Waals surface area contributed by atoms with Crippen LogP contribution in [0.4, 0.5) is 4.39 Å². The van der Waals surface area contributed by atoms with Crippen molar-refractivity contribution in [1.29, 1.82) is 0 Å². The highest BCUT2D eigenvalue weighted by Gasteiger charge is 2.19. The van der Waals surface area contributed by atoms with E-state index in [1.807, 2.05) is 17.6 Å². The molecular formula is C14H16FNO2. The highest BCUT2D eigenvalue weighted by atomic mass is 19.1. The van der Waals surface area contributed by atoms with Crippen molar-refractivity contribution < 1.29 is 13.9 Å². The van der Waals surface area contributed by atoms with E-state index in [1.165, 1.54) is 12.1 Å². The Morgan fingerprint density at radius 2 is 2.17 bits per heavy atom. The molecule has 1 unspecified atom stereocenters. The number of hydrogen-bond donors (Lipinski definition) is 0. The molecule has 18 heavy (non-hydrogen) atoms. The Labute approximate surface area is 105 Å². The first-order chi connectivity index (χ1) is 8.54. The Morgan fingerprint density at radius 3 is 2.83 bits per heavy atom. The van der Waals surface area contributed by atoms with Crippen LogP contribution < -0.4 is 0 Å². The molecule has 1 atom stereocenters. The largest absolute Gasteiger partial charge is 0.464 e. The lowest BCUT2D eigenvalue weighted by Gasteiger charge is -2.16. The summed E-state index contributed by atoms with van der Waals surface area (Å²) in [6.45, 7) is 5.82. The molecule has 0 saturated heterocycles. The van der Waals surface area contributed by atoms with Crippen LogP contribution in [-0.2, 0) is 9.53 Å². The first-order valence-electron chi connectivity index (χ1n) is 5.98. The van der Waals surface area contributed by atoms with Gasteiger partial charge in [0, 0.05) is 16.6 Å². The van der Waals surface area contributed by atoms with Crippen LogP contribution in [0.15, 0.2) is 24.3 Å². The predicted octanol–water partition coefficient (Wildman–Crippen LogP) is 3.21. The van der Waals surface area contributed by atoms with E-state index in [2.05, 4.69) is 0 Å². The second-order valence-electron chi connectivity index (χ2n) is 4.29. The molecule has 1 heterocycles. The molecule has 0 saturated carbocycles. The van der Waals surface area contributed by atoms with Gasteiger partial charge in [-0.1, -0.05) is 0 Å². The van der Waals surface area contributed by atoms with Gasteiger partial charge in [-0.05, 0) is 45.0 Å². The van der Waals surface area contributed by atoms with E-state index in [9.17, 15) is 9.18 Å². The summed E-state index contributed by atoms with van der Waals surface area (Å²) >= 11 is 0. The molecular weight excluding hydrogens is 233 g/mol. The number of aromatic nitrogens is 1. The first-order valence-corrected chi connectivity index (χ1v) is 5.98. The van der Waals surface area contributed by atoms with Gasteiger partial charge in [0.05, 0.1) is 6.61 Å². The zero-order valence-electron chi connectivity index (χ0n) is 10.7. The predicted molar refractivity (Wildman–Crippen MR) is 68.0 cm³/mol. The van der Waals surface area contributed by atoms with Crippen molar-refractivity contribution in [2.45, 2.75) is 26.8 Å². The Kier molecular flexibility index (Phi) is 3.36. The van der Waals surface area contributed by atoms with Crippen molar-refractivity contribution in [1.82, 2.24) is 4.57 Å². The molecule has 2 aromatic rings. The number of carbonyl (C=O) groups is 1. The van der Waals surface area contributed by atoms with Crippen LogP contribution in [0, 0.1) is 12.7 Å². The molecule has 4 heteroatoms. The molecule has 0 fully saturated rings.